The number of hydrogen-bond donors (Lipinski definition) is 3. The third kappa shape index (κ3) is 26.6. The van der Waals surface area contributed by atoms with E-state index in [4.69, 9.17) is 14.7 Å². The van der Waals surface area contributed by atoms with Crippen LogP contribution in [0.25, 0.3) is 0 Å². The molecule has 6 nitrogen and oxygen atoms in total. The van der Waals surface area contributed by atoms with E-state index in [2.05, 4.69) is 77.0 Å². The molecule has 3 N–H and O–H groups in total. The van der Waals surface area contributed by atoms with Crippen LogP contribution in [0.15, 0.2) is 0 Å². The first-order chi connectivity index (χ1) is 14.1. The molecule has 0 aliphatic heterocycles. The second-order valence-corrected chi connectivity index (χ2v) is 12.5. The summed E-state index contributed by atoms with van der Waals surface area (Å²) in [6.07, 6.45) is 0. The Morgan fingerprint density at radius 3 is 0.600 bits per heavy atom. The van der Waals surface area contributed by atoms with Crippen molar-refractivity contribution < 1.29 is 14.7 Å². The lowest BCUT2D eigenvalue weighted by atomic mass is 10.5. The number of nitrogens with zero attached hydrogens (tertiary/aromatic N) is 3. The minimum Gasteiger partial charge on any atom is -0.329 e. The molecular formula is C22H58N3O3PS. The zero-order valence-corrected chi connectivity index (χ0v) is 24.0. The van der Waals surface area contributed by atoms with Crippen LogP contribution in [0.3, 0.4) is 0 Å². The van der Waals surface area contributed by atoms with E-state index < -0.39 is 16.8 Å². The molecule has 0 aliphatic carbocycles. The zero-order valence-electron chi connectivity index (χ0n) is 22.3. The molecule has 0 saturated carbocycles. The molecule has 0 saturated heterocycles. The van der Waals surface area contributed by atoms with Crippen LogP contribution >= 0.6 is 6.72 Å². The molecular weight excluding hydrogens is 417 g/mol. The molecule has 0 bridgehead atoms. The topological polar surface area (TPSA) is 70.4 Å². The maximum Gasteiger partial charge on any atom is 0.277 e. The van der Waals surface area contributed by atoms with E-state index in [9.17, 15) is 0 Å². The zero-order chi connectivity index (χ0) is 24.6. The van der Waals surface area contributed by atoms with E-state index in [1.54, 1.807) is 0 Å². The lowest BCUT2D eigenvalue weighted by molar-refractivity contribution is 0.321. The molecule has 0 fully saturated rings. The predicted molar refractivity (Wildman–Crippen MR) is 142 cm³/mol. The van der Waals surface area contributed by atoms with Gasteiger partial charge in [0, 0.05) is 0 Å². The lowest BCUT2D eigenvalue weighted by Crippen LogP contribution is -2.21. The van der Waals surface area contributed by atoms with Gasteiger partial charge in [-0.3, -0.25) is 0 Å². The van der Waals surface area contributed by atoms with Gasteiger partial charge in [0.2, 0.25) is 0 Å². The van der Waals surface area contributed by atoms with Crippen molar-refractivity contribution in [3.05, 3.63) is 0 Å². The van der Waals surface area contributed by atoms with E-state index in [0.29, 0.717) is 11.5 Å². The average molecular weight is 476 g/mol. The first-order valence-corrected chi connectivity index (χ1v) is 15.8. The van der Waals surface area contributed by atoms with Gasteiger partial charge in [-0.15, -0.1) is 10.1 Å². The summed E-state index contributed by atoms with van der Waals surface area (Å²) in [4.78, 5) is 33.3. The Morgan fingerprint density at radius 1 is 0.433 bits per heavy atom. The highest BCUT2D eigenvalue weighted by Crippen LogP contribution is 2.36. The molecule has 0 radical (unpaired) electrons. The quantitative estimate of drug-likeness (QED) is 0.386. The SMILES string of the molecule is CCN(CC)CC.CCN(CC)CC.CCN(CC)CC.CCS(CC)=P(O)(O)O. The van der Waals surface area contributed by atoms with Gasteiger partial charge in [0.25, 0.3) is 6.72 Å². The van der Waals surface area contributed by atoms with Crippen molar-refractivity contribution in [2.45, 2.75) is 76.2 Å². The maximum absolute atomic E-state index is 8.71. The highest BCUT2D eigenvalue weighted by Gasteiger charge is 2.07. The molecule has 0 atom stereocenters. The molecule has 0 aromatic carbocycles. The molecule has 0 amide bonds. The van der Waals surface area contributed by atoms with Gasteiger partial charge >= 0.3 is 0 Å². The lowest BCUT2D eigenvalue weighted by Gasteiger charge is -2.13. The highest BCUT2D eigenvalue weighted by atomic mass is 32.5. The monoisotopic (exact) mass is 475 g/mol. The maximum atomic E-state index is 8.71. The standard InChI is InChI=1S/3C6H15N.C4H13O3PS/c3*1-4-7(5-2)6-3;1-3-9(4-2)8(5,6)7/h3*4-6H2,1-3H3;5-7H,3-4H2,1-2H3. The van der Waals surface area contributed by atoms with Gasteiger partial charge in [0.05, 0.1) is 0 Å². The smallest absolute Gasteiger partial charge is 0.277 e. The summed E-state index contributed by atoms with van der Waals surface area (Å²) in [6, 6.07) is 0. The number of rotatable bonds is 11. The Labute approximate surface area is 192 Å². The number of hydrogen-bond acceptors (Lipinski definition) is 3. The van der Waals surface area contributed by atoms with E-state index in [0.717, 1.165) is 0 Å². The average Bonchev–Trinajstić information content (AvgIpc) is 2.73. The molecule has 0 rings (SSSR count). The van der Waals surface area contributed by atoms with Crippen molar-refractivity contribution in [2.75, 3.05) is 70.4 Å². The van der Waals surface area contributed by atoms with E-state index in [1.165, 1.54) is 58.9 Å². The Hall–Kier alpha value is 0.540. The largest absolute Gasteiger partial charge is 0.329 e. The van der Waals surface area contributed by atoms with Crippen molar-refractivity contribution in [3.63, 3.8) is 0 Å². The van der Waals surface area contributed by atoms with Crippen molar-refractivity contribution >= 4 is 16.8 Å². The van der Waals surface area contributed by atoms with Crippen LogP contribution in [0, 0.1) is 0 Å². The molecule has 0 unspecified atom stereocenters. The van der Waals surface area contributed by atoms with E-state index >= 15 is 0 Å². The van der Waals surface area contributed by atoms with Crippen LogP contribution in [0.2, 0.25) is 0 Å². The Morgan fingerprint density at radius 2 is 0.600 bits per heavy atom. The van der Waals surface area contributed by atoms with Gasteiger partial charge in [-0.1, -0.05) is 76.2 Å². The molecule has 30 heavy (non-hydrogen) atoms. The van der Waals surface area contributed by atoms with Crippen molar-refractivity contribution in [2.24, 2.45) is 0 Å². The van der Waals surface area contributed by atoms with Gasteiger partial charge in [-0.25, -0.2) is 0 Å². The molecule has 0 aromatic heterocycles. The highest BCUT2D eigenvalue weighted by molar-refractivity contribution is 8.27. The van der Waals surface area contributed by atoms with Crippen LogP contribution in [-0.4, -0.2) is 99.8 Å². The minimum absolute atomic E-state index is 0.578. The molecule has 0 aliphatic rings. The van der Waals surface area contributed by atoms with Crippen LogP contribution in [0.5, 0.6) is 0 Å². The van der Waals surface area contributed by atoms with Gasteiger partial charge in [-0.05, 0) is 70.4 Å². The van der Waals surface area contributed by atoms with Crippen LogP contribution in [-0.2, 0) is 10.1 Å². The summed E-state index contributed by atoms with van der Waals surface area (Å²) in [5, 5.41) is 0. The third-order valence-corrected chi connectivity index (χ3v) is 10.7. The van der Waals surface area contributed by atoms with Gasteiger partial charge in [-0.2, -0.15) is 0 Å². The summed E-state index contributed by atoms with van der Waals surface area (Å²) in [7, 11) is -0.578. The summed E-state index contributed by atoms with van der Waals surface area (Å²) in [6.45, 7) is 30.6. The third-order valence-electron chi connectivity index (χ3n) is 5.04. The van der Waals surface area contributed by atoms with Crippen molar-refractivity contribution in [1.29, 1.82) is 0 Å². The van der Waals surface area contributed by atoms with Crippen molar-refractivity contribution in [1.82, 2.24) is 14.7 Å². The molecule has 190 valence electrons. The Balaban J connectivity index is -0.000000151. The first kappa shape index (κ1) is 37.8. The normalized spacial score (nSPS) is 11.0. The molecule has 8 heteroatoms. The summed E-state index contributed by atoms with van der Waals surface area (Å²) >= 11 is 0. The van der Waals surface area contributed by atoms with Crippen molar-refractivity contribution in [3.8, 4) is 0 Å². The summed E-state index contributed by atoms with van der Waals surface area (Å²) < 4.78 is 0. The second kappa shape index (κ2) is 27.6. The predicted octanol–water partition coefficient (Wildman–Crippen LogP) is 4.34. The Bertz CT molecular complexity index is 311. The fourth-order valence-corrected chi connectivity index (χ4v) is 5.74. The van der Waals surface area contributed by atoms with Gasteiger partial charge < -0.3 is 29.4 Å². The molecule has 0 aromatic rings. The van der Waals surface area contributed by atoms with Crippen LogP contribution < -0.4 is 0 Å². The fraction of sp³-hybridized carbons (Fsp3) is 1.00. The molecule has 0 heterocycles. The second-order valence-electron chi connectivity index (χ2n) is 6.41. The van der Waals surface area contributed by atoms with Gasteiger partial charge in [0.15, 0.2) is 0 Å². The van der Waals surface area contributed by atoms with Crippen LogP contribution in [0.4, 0.5) is 0 Å². The summed E-state index contributed by atoms with van der Waals surface area (Å²) in [5.41, 5.74) is 0. The Kier molecular flexibility index (Phi) is 34.8. The fourth-order valence-electron chi connectivity index (χ4n) is 2.56. The van der Waals surface area contributed by atoms with E-state index in [-0.39, 0.29) is 0 Å². The van der Waals surface area contributed by atoms with E-state index in [1.807, 2.05) is 13.8 Å². The minimum atomic E-state index is -3.50. The molecule has 0 spiro atoms. The first-order valence-electron chi connectivity index (χ1n) is 12.0. The van der Waals surface area contributed by atoms with Gasteiger partial charge in [0.1, 0.15) is 0 Å². The van der Waals surface area contributed by atoms with Crippen LogP contribution in [0.1, 0.15) is 76.2 Å². The summed E-state index contributed by atoms with van der Waals surface area (Å²) in [5.74, 6) is 1.29.